The van der Waals surface area contributed by atoms with Crippen molar-refractivity contribution in [1.82, 2.24) is 9.88 Å². The first-order chi connectivity index (χ1) is 11.5. The smallest absolute Gasteiger partial charge is 0.409 e. The van der Waals surface area contributed by atoms with Crippen molar-refractivity contribution in [3.05, 3.63) is 11.1 Å². The Bertz CT molecular complexity index is 604. The van der Waals surface area contributed by atoms with Crippen LogP contribution < -0.4 is 5.32 Å². The Morgan fingerprint density at radius 3 is 2.79 bits per heavy atom. The molecule has 1 aromatic heterocycles. The summed E-state index contributed by atoms with van der Waals surface area (Å²) in [6, 6.07) is 0. The molecule has 1 fully saturated rings. The highest BCUT2D eigenvalue weighted by Crippen LogP contribution is 2.21. The summed E-state index contributed by atoms with van der Waals surface area (Å²) < 4.78 is 9.83. The maximum absolute atomic E-state index is 12.4. The summed E-state index contributed by atoms with van der Waals surface area (Å²) in [6.45, 7) is 4.94. The summed E-state index contributed by atoms with van der Waals surface area (Å²) in [5.41, 5.74) is 0.175. The largest absolute Gasteiger partial charge is 0.461 e. The monoisotopic (exact) mass is 355 g/mol. The Hall–Kier alpha value is -2.16. The number of carbonyl (C=O) groups excluding carboxylic acids is 3. The summed E-state index contributed by atoms with van der Waals surface area (Å²) >= 11 is 1.16. The second kappa shape index (κ2) is 8.62. The van der Waals surface area contributed by atoms with E-state index in [0.29, 0.717) is 31.2 Å². The van der Waals surface area contributed by atoms with E-state index in [1.807, 2.05) is 0 Å². The maximum Gasteiger partial charge on any atom is 0.409 e. The van der Waals surface area contributed by atoms with Crippen LogP contribution in [0.5, 0.6) is 0 Å². The minimum atomic E-state index is -0.514. The zero-order chi connectivity index (χ0) is 17.5. The highest BCUT2D eigenvalue weighted by molar-refractivity contribution is 7.14. The second-order valence-electron chi connectivity index (χ2n) is 5.23. The van der Waals surface area contributed by atoms with E-state index in [0.717, 1.165) is 17.8 Å². The van der Waals surface area contributed by atoms with Crippen LogP contribution in [0.3, 0.4) is 0 Å². The van der Waals surface area contributed by atoms with Gasteiger partial charge in [0, 0.05) is 18.5 Å². The fourth-order valence-corrected chi connectivity index (χ4v) is 3.09. The zero-order valence-corrected chi connectivity index (χ0v) is 14.6. The van der Waals surface area contributed by atoms with Gasteiger partial charge < -0.3 is 19.7 Å². The van der Waals surface area contributed by atoms with Crippen molar-refractivity contribution in [2.45, 2.75) is 26.7 Å². The van der Waals surface area contributed by atoms with Crippen LogP contribution in [0.4, 0.5) is 9.93 Å². The number of rotatable bonds is 5. The van der Waals surface area contributed by atoms with E-state index in [4.69, 9.17) is 9.47 Å². The Labute approximate surface area is 144 Å². The average Bonchev–Trinajstić information content (AvgIpc) is 3.04. The quantitative estimate of drug-likeness (QED) is 0.813. The molecule has 24 heavy (non-hydrogen) atoms. The molecule has 132 valence electrons. The van der Waals surface area contributed by atoms with Gasteiger partial charge in [0.1, 0.15) is 0 Å². The fourth-order valence-electron chi connectivity index (χ4n) is 2.41. The predicted octanol–water partition coefficient (Wildman–Crippen LogP) is 2.13. The first-order valence-corrected chi connectivity index (χ1v) is 8.78. The van der Waals surface area contributed by atoms with E-state index in [-0.39, 0.29) is 24.1 Å². The highest BCUT2D eigenvalue weighted by Gasteiger charge is 2.29. The minimum Gasteiger partial charge on any atom is -0.461 e. The van der Waals surface area contributed by atoms with Crippen molar-refractivity contribution in [1.29, 1.82) is 0 Å². The van der Waals surface area contributed by atoms with Gasteiger partial charge in [-0.25, -0.2) is 14.6 Å². The molecule has 1 aliphatic rings. The molecule has 0 bridgehead atoms. The summed E-state index contributed by atoms with van der Waals surface area (Å²) in [7, 11) is 0. The number of hydrogen-bond acceptors (Lipinski definition) is 7. The third-order valence-corrected chi connectivity index (χ3v) is 4.29. The van der Waals surface area contributed by atoms with E-state index in [2.05, 4.69) is 10.3 Å². The van der Waals surface area contributed by atoms with Crippen LogP contribution in [0.2, 0.25) is 0 Å². The SMILES string of the molecule is CCOC(=O)c1csc(NC(=O)[C@H]2CCCN(C(=O)OCC)C2)n1. The number of nitrogens with zero attached hydrogens (tertiary/aromatic N) is 2. The molecule has 1 saturated heterocycles. The second-order valence-corrected chi connectivity index (χ2v) is 6.09. The lowest BCUT2D eigenvalue weighted by molar-refractivity contribution is -0.121. The number of hydrogen-bond donors (Lipinski definition) is 1. The summed E-state index contributed by atoms with van der Waals surface area (Å²) in [6.07, 6.45) is 1.04. The van der Waals surface area contributed by atoms with Gasteiger partial charge in [0.2, 0.25) is 5.91 Å². The van der Waals surface area contributed by atoms with Gasteiger partial charge in [-0.1, -0.05) is 0 Å². The van der Waals surface area contributed by atoms with Crippen molar-refractivity contribution in [2.24, 2.45) is 5.92 Å². The van der Waals surface area contributed by atoms with Gasteiger partial charge in [0.25, 0.3) is 0 Å². The summed E-state index contributed by atoms with van der Waals surface area (Å²) in [5, 5.41) is 4.59. The van der Waals surface area contributed by atoms with Gasteiger partial charge in [0.05, 0.1) is 19.1 Å². The maximum atomic E-state index is 12.4. The number of piperidine rings is 1. The average molecular weight is 355 g/mol. The molecule has 0 radical (unpaired) electrons. The molecule has 1 aromatic rings. The Kier molecular flexibility index (Phi) is 6.53. The minimum absolute atomic E-state index is 0.175. The molecule has 8 nitrogen and oxygen atoms in total. The number of ether oxygens (including phenoxy) is 2. The molecular formula is C15H21N3O5S. The predicted molar refractivity (Wildman–Crippen MR) is 88.0 cm³/mol. The van der Waals surface area contributed by atoms with Gasteiger partial charge in [0.15, 0.2) is 10.8 Å². The van der Waals surface area contributed by atoms with Gasteiger partial charge >= 0.3 is 12.1 Å². The van der Waals surface area contributed by atoms with E-state index >= 15 is 0 Å². The van der Waals surface area contributed by atoms with Crippen LogP contribution in [0, 0.1) is 5.92 Å². The third kappa shape index (κ3) is 4.67. The summed E-state index contributed by atoms with van der Waals surface area (Å²) in [5.74, 6) is -1.05. The molecule has 2 heterocycles. The van der Waals surface area contributed by atoms with E-state index in [1.54, 1.807) is 24.1 Å². The zero-order valence-electron chi connectivity index (χ0n) is 13.7. The van der Waals surface area contributed by atoms with E-state index in [9.17, 15) is 14.4 Å². The van der Waals surface area contributed by atoms with Gasteiger partial charge in [-0.05, 0) is 26.7 Å². The lowest BCUT2D eigenvalue weighted by atomic mass is 9.97. The Morgan fingerprint density at radius 1 is 1.33 bits per heavy atom. The van der Waals surface area contributed by atoms with Gasteiger partial charge in [-0.3, -0.25) is 4.79 Å². The Morgan fingerprint density at radius 2 is 2.08 bits per heavy atom. The van der Waals surface area contributed by atoms with E-state index < -0.39 is 12.1 Å². The Balaban J connectivity index is 1.92. The molecule has 0 unspecified atom stereocenters. The first kappa shape index (κ1) is 18.2. The number of likely N-dealkylation sites (tertiary alicyclic amines) is 1. The van der Waals surface area contributed by atoms with Crippen molar-refractivity contribution in [3.8, 4) is 0 Å². The van der Waals surface area contributed by atoms with E-state index in [1.165, 1.54) is 0 Å². The number of esters is 1. The molecular weight excluding hydrogens is 334 g/mol. The van der Waals surface area contributed by atoms with Crippen LogP contribution in [0.15, 0.2) is 5.38 Å². The van der Waals surface area contributed by atoms with Crippen LogP contribution in [0.1, 0.15) is 37.2 Å². The molecule has 2 amide bonds. The molecule has 1 N–H and O–H groups in total. The van der Waals surface area contributed by atoms with Gasteiger partial charge in [-0.2, -0.15) is 0 Å². The molecule has 2 rings (SSSR count). The van der Waals surface area contributed by atoms with Crippen LogP contribution in [-0.4, -0.2) is 54.2 Å². The molecule has 1 aliphatic heterocycles. The summed E-state index contributed by atoms with van der Waals surface area (Å²) in [4.78, 5) is 41.3. The van der Waals surface area contributed by atoms with Gasteiger partial charge in [-0.15, -0.1) is 11.3 Å². The lowest BCUT2D eigenvalue weighted by Crippen LogP contribution is -2.44. The fraction of sp³-hybridized carbons (Fsp3) is 0.600. The first-order valence-electron chi connectivity index (χ1n) is 7.90. The van der Waals surface area contributed by atoms with Crippen LogP contribution in [-0.2, 0) is 14.3 Å². The normalized spacial score (nSPS) is 17.2. The number of amides is 2. The molecule has 0 spiro atoms. The van der Waals surface area contributed by atoms with Crippen LogP contribution in [0.25, 0.3) is 0 Å². The number of aromatic nitrogens is 1. The van der Waals surface area contributed by atoms with Crippen LogP contribution >= 0.6 is 11.3 Å². The molecule has 0 aromatic carbocycles. The third-order valence-electron chi connectivity index (χ3n) is 3.54. The number of thiazole rings is 1. The molecule has 0 aliphatic carbocycles. The highest BCUT2D eigenvalue weighted by atomic mass is 32.1. The number of carbonyl (C=O) groups is 3. The number of anilines is 1. The molecule has 9 heteroatoms. The molecule has 1 atom stereocenters. The van der Waals surface area contributed by atoms with Crippen molar-refractivity contribution >= 4 is 34.4 Å². The molecule has 0 saturated carbocycles. The topological polar surface area (TPSA) is 97.8 Å². The standard InChI is InChI=1S/C15H21N3O5S/c1-3-22-13(20)11-9-24-14(16-11)17-12(19)10-6-5-7-18(8-10)15(21)23-4-2/h9-10H,3-8H2,1-2H3,(H,16,17,19)/t10-/m0/s1. The van der Waals surface area contributed by atoms with Crippen molar-refractivity contribution < 1.29 is 23.9 Å². The number of nitrogens with one attached hydrogen (secondary N) is 1. The van der Waals surface area contributed by atoms with Crippen molar-refractivity contribution in [2.75, 3.05) is 31.6 Å². The lowest BCUT2D eigenvalue weighted by Gasteiger charge is -2.30. The van der Waals surface area contributed by atoms with Crippen molar-refractivity contribution in [3.63, 3.8) is 0 Å².